The Kier molecular flexibility index (Phi) is 5.61. The number of benzene rings is 2. The van der Waals surface area contributed by atoms with E-state index in [0.717, 1.165) is 27.1 Å². The van der Waals surface area contributed by atoms with Crippen molar-refractivity contribution in [1.82, 2.24) is 0 Å². The minimum atomic E-state index is -0.753. The number of carboxylic acids is 1. The van der Waals surface area contributed by atoms with Gasteiger partial charge in [0.15, 0.2) is 0 Å². The van der Waals surface area contributed by atoms with Crippen LogP contribution < -0.4 is 4.74 Å². The summed E-state index contributed by atoms with van der Waals surface area (Å²) in [5, 5.41) is 8.74. The lowest BCUT2D eigenvalue weighted by atomic mass is 9.96. The Morgan fingerprint density at radius 2 is 1.91 bits per heavy atom. The third-order valence-electron chi connectivity index (χ3n) is 3.69. The van der Waals surface area contributed by atoms with Crippen molar-refractivity contribution in [2.45, 2.75) is 32.6 Å². The fourth-order valence-electron chi connectivity index (χ4n) is 2.20. The van der Waals surface area contributed by atoms with Gasteiger partial charge in [-0.3, -0.25) is 4.79 Å². The van der Waals surface area contributed by atoms with Crippen molar-refractivity contribution in [3.8, 4) is 11.5 Å². The predicted molar refractivity (Wildman–Crippen MR) is 90.7 cm³/mol. The highest BCUT2D eigenvalue weighted by atomic mass is 79.9. The van der Waals surface area contributed by atoms with Crippen LogP contribution in [0.5, 0.6) is 11.5 Å². The molecule has 0 saturated carbocycles. The monoisotopic (exact) mass is 362 g/mol. The van der Waals surface area contributed by atoms with Crippen molar-refractivity contribution >= 4 is 21.9 Å². The lowest BCUT2D eigenvalue weighted by molar-refractivity contribution is -0.137. The van der Waals surface area contributed by atoms with Gasteiger partial charge in [0.05, 0.1) is 0 Å². The number of aliphatic carboxylic acids is 1. The molecule has 0 fully saturated rings. The third-order valence-corrected chi connectivity index (χ3v) is 4.55. The van der Waals surface area contributed by atoms with Gasteiger partial charge in [0.2, 0.25) is 0 Å². The van der Waals surface area contributed by atoms with Crippen LogP contribution >= 0.6 is 15.9 Å². The molecule has 1 atom stereocenters. The average Bonchev–Trinajstić information content (AvgIpc) is 2.50. The number of halogens is 1. The van der Waals surface area contributed by atoms with Crippen LogP contribution in [0.15, 0.2) is 46.9 Å². The fraction of sp³-hybridized carbons (Fsp3) is 0.278. The summed E-state index contributed by atoms with van der Waals surface area (Å²) in [4.78, 5) is 10.6. The SMILES string of the molecule is Cc1c(Br)cccc1Oc1ccc([C@@H](C)CCC(=O)O)cc1. The zero-order valence-corrected chi connectivity index (χ0v) is 14.3. The maximum atomic E-state index is 10.6. The number of ether oxygens (including phenoxy) is 1. The molecule has 2 aromatic rings. The van der Waals surface area contributed by atoms with Gasteiger partial charge in [-0.25, -0.2) is 0 Å². The van der Waals surface area contributed by atoms with Gasteiger partial charge in [0.1, 0.15) is 11.5 Å². The summed E-state index contributed by atoms with van der Waals surface area (Å²) < 4.78 is 6.92. The summed E-state index contributed by atoms with van der Waals surface area (Å²) >= 11 is 3.49. The fourth-order valence-corrected chi connectivity index (χ4v) is 2.54. The van der Waals surface area contributed by atoms with Crippen molar-refractivity contribution in [3.05, 3.63) is 58.1 Å². The molecule has 0 aliphatic carbocycles. The summed E-state index contributed by atoms with van der Waals surface area (Å²) in [5.74, 6) is 1.06. The lowest BCUT2D eigenvalue weighted by Gasteiger charge is -2.13. The zero-order valence-electron chi connectivity index (χ0n) is 12.7. The van der Waals surface area contributed by atoms with Crippen LogP contribution in [0.1, 0.15) is 36.8 Å². The molecule has 3 nitrogen and oxygen atoms in total. The number of hydrogen-bond donors (Lipinski definition) is 1. The van der Waals surface area contributed by atoms with Crippen LogP contribution in [0.25, 0.3) is 0 Å². The third kappa shape index (κ3) is 4.34. The van der Waals surface area contributed by atoms with E-state index in [-0.39, 0.29) is 12.3 Å². The molecule has 0 radical (unpaired) electrons. The van der Waals surface area contributed by atoms with E-state index in [2.05, 4.69) is 15.9 Å². The van der Waals surface area contributed by atoms with Crippen molar-refractivity contribution in [2.75, 3.05) is 0 Å². The molecule has 0 saturated heterocycles. The Balaban J connectivity index is 2.05. The normalized spacial score (nSPS) is 12.0. The number of hydrogen-bond acceptors (Lipinski definition) is 2. The number of rotatable bonds is 6. The highest BCUT2D eigenvalue weighted by Gasteiger charge is 2.09. The molecule has 22 heavy (non-hydrogen) atoms. The second-order valence-electron chi connectivity index (χ2n) is 5.37. The topological polar surface area (TPSA) is 46.5 Å². The van der Waals surface area contributed by atoms with Crippen molar-refractivity contribution in [3.63, 3.8) is 0 Å². The molecule has 116 valence electrons. The van der Waals surface area contributed by atoms with Crippen LogP contribution in [0.3, 0.4) is 0 Å². The summed E-state index contributed by atoms with van der Waals surface area (Å²) in [5.41, 5.74) is 2.18. The van der Waals surface area contributed by atoms with Gasteiger partial charge >= 0.3 is 5.97 Å². The quantitative estimate of drug-likeness (QED) is 0.735. The molecule has 0 heterocycles. The molecular weight excluding hydrogens is 344 g/mol. The highest BCUT2D eigenvalue weighted by Crippen LogP contribution is 2.31. The van der Waals surface area contributed by atoms with Gasteiger partial charge in [-0.2, -0.15) is 0 Å². The van der Waals surface area contributed by atoms with Crippen LogP contribution in [0.2, 0.25) is 0 Å². The van der Waals surface area contributed by atoms with E-state index >= 15 is 0 Å². The zero-order chi connectivity index (χ0) is 16.1. The number of carboxylic acid groups (broad SMARTS) is 1. The van der Waals surface area contributed by atoms with Gasteiger partial charge in [0, 0.05) is 16.5 Å². The molecule has 0 unspecified atom stereocenters. The van der Waals surface area contributed by atoms with Gasteiger partial charge in [0.25, 0.3) is 0 Å². The van der Waals surface area contributed by atoms with Crippen molar-refractivity contribution in [1.29, 1.82) is 0 Å². The first kappa shape index (κ1) is 16.6. The first-order valence-electron chi connectivity index (χ1n) is 7.22. The predicted octanol–water partition coefficient (Wildman–Crippen LogP) is 5.52. The largest absolute Gasteiger partial charge is 0.481 e. The molecule has 1 N–H and O–H groups in total. The molecule has 0 bridgehead atoms. The first-order valence-corrected chi connectivity index (χ1v) is 8.01. The van der Waals surface area contributed by atoms with Crippen LogP contribution in [-0.2, 0) is 4.79 Å². The Labute approximate surface area is 139 Å². The summed E-state index contributed by atoms with van der Waals surface area (Å²) in [6.07, 6.45) is 0.830. The van der Waals surface area contributed by atoms with Gasteiger partial charge < -0.3 is 9.84 Å². The molecule has 0 amide bonds. The minimum Gasteiger partial charge on any atom is -0.481 e. The van der Waals surface area contributed by atoms with E-state index in [1.165, 1.54) is 0 Å². The highest BCUT2D eigenvalue weighted by molar-refractivity contribution is 9.10. The summed E-state index contributed by atoms with van der Waals surface area (Å²) in [7, 11) is 0. The Morgan fingerprint density at radius 1 is 1.23 bits per heavy atom. The number of carbonyl (C=O) groups is 1. The van der Waals surface area contributed by atoms with Gasteiger partial charge in [-0.15, -0.1) is 0 Å². The second-order valence-corrected chi connectivity index (χ2v) is 6.22. The molecular formula is C18H19BrO3. The Bertz CT molecular complexity index is 650. The minimum absolute atomic E-state index is 0.191. The summed E-state index contributed by atoms with van der Waals surface area (Å²) in [6, 6.07) is 13.7. The Morgan fingerprint density at radius 3 is 2.55 bits per heavy atom. The van der Waals surface area contributed by atoms with E-state index in [9.17, 15) is 4.79 Å². The molecule has 0 spiro atoms. The van der Waals surface area contributed by atoms with Crippen LogP contribution in [0, 0.1) is 6.92 Å². The van der Waals surface area contributed by atoms with E-state index < -0.39 is 5.97 Å². The average molecular weight is 363 g/mol. The molecule has 0 aromatic heterocycles. The maximum Gasteiger partial charge on any atom is 0.303 e. The lowest BCUT2D eigenvalue weighted by Crippen LogP contribution is -2.00. The molecule has 2 aromatic carbocycles. The molecule has 2 rings (SSSR count). The van der Waals surface area contributed by atoms with Crippen molar-refractivity contribution in [2.24, 2.45) is 0 Å². The van der Waals surface area contributed by atoms with E-state index in [4.69, 9.17) is 9.84 Å². The standard InChI is InChI=1S/C18H19BrO3/c1-12(6-11-18(20)21)14-7-9-15(10-8-14)22-17-5-3-4-16(19)13(17)2/h3-5,7-10,12H,6,11H2,1-2H3,(H,20,21)/t12-/m0/s1. The molecule has 0 aliphatic rings. The van der Waals surface area contributed by atoms with Crippen molar-refractivity contribution < 1.29 is 14.6 Å². The first-order chi connectivity index (χ1) is 10.5. The van der Waals surface area contributed by atoms with E-state index in [0.29, 0.717) is 6.42 Å². The van der Waals surface area contributed by atoms with E-state index in [1.54, 1.807) is 0 Å². The molecule has 0 aliphatic heterocycles. The van der Waals surface area contributed by atoms with Gasteiger partial charge in [-0.1, -0.05) is 41.1 Å². The Hall–Kier alpha value is -1.81. The van der Waals surface area contributed by atoms with E-state index in [1.807, 2.05) is 56.3 Å². The second kappa shape index (κ2) is 7.45. The van der Waals surface area contributed by atoms with Crippen LogP contribution in [-0.4, -0.2) is 11.1 Å². The maximum absolute atomic E-state index is 10.6. The van der Waals surface area contributed by atoms with Gasteiger partial charge in [-0.05, 0) is 49.1 Å². The molecule has 4 heteroatoms. The smallest absolute Gasteiger partial charge is 0.303 e. The summed E-state index contributed by atoms with van der Waals surface area (Å²) in [6.45, 7) is 4.04. The van der Waals surface area contributed by atoms with Crippen LogP contribution in [0.4, 0.5) is 0 Å².